The van der Waals surface area contributed by atoms with E-state index in [4.69, 9.17) is 0 Å². The molecule has 1 saturated carbocycles. The van der Waals surface area contributed by atoms with Gasteiger partial charge in [-0.3, -0.25) is 4.68 Å². The van der Waals surface area contributed by atoms with Gasteiger partial charge in [-0.15, -0.1) is 0 Å². The first kappa shape index (κ1) is 8.75. The van der Waals surface area contributed by atoms with Gasteiger partial charge in [-0.2, -0.15) is 5.10 Å². The van der Waals surface area contributed by atoms with Crippen LogP contribution in [0.5, 0.6) is 0 Å². The number of aliphatic hydroxyl groups excluding tert-OH is 1. The van der Waals surface area contributed by atoms with Crippen molar-refractivity contribution in [3.8, 4) is 0 Å². The maximum absolute atomic E-state index is 9.72. The van der Waals surface area contributed by atoms with Gasteiger partial charge in [0.25, 0.3) is 0 Å². The molecule has 1 aromatic heterocycles. The summed E-state index contributed by atoms with van der Waals surface area (Å²) >= 11 is 0. The number of aryl methyl sites for hydroxylation is 2. The molecule has 72 valence electrons. The van der Waals surface area contributed by atoms with Gasteiger partial charge in [0.1, 0.15) is 0 Å². The van der Waals surface area contributed by atoms with E-state index in [0.29, 0.717) is 0 Å². The van der Waals surface area contributed by atoms with Crippen LogP contribution >= 0.6 is 0 Å². The number of hydrogen-bond donors (Lipinski definition) is 1. The first-order valence-corrected chi connectivity index (χ1v) is 4.89. The van der Waals surface area contributed by atoms with Crippen molar-refractivity contribution in [3.05, 3.63) is 17.5 Å². The Morgan fingerprint density at radius 3 is 2.69 bits per heavy atom. The van der Waals surface area contributed by atoms with Gasteiger partial charge in [0.15, 0.2) is 0 Å². The molecule has 0 amide bonds. The molecule has 3 nitrogen and oxygen atoms in total. The maximum Gasteiger partial charge on any atom is 0.0781 e. The summed E-state index contributed by atoms with van der Waals surface area (Å²) in [7, 11) is 0. The third-order valence-corrected chi connectivity index (χ3v) is 2.80. The maximum atomic E-state index is 9.72. The molecule has 1 aliphatic carbocycles. The molecule has 0 bridgehead atoms. The van der Waals surface area contributed by atoms with E-state index in [1.165, 1.54) is 0 Å². The predicted octanol–water partition coefficient (Wildman–Crippen LogP) is 1.59. The Bertz CT molecular complexity index is 306. The number of aromatic nitrogens is 2. The Labute approximate surface area is 78.4 Å². The normalized spacial score (nSPS) is 28.2. The monoisotopic (exact) mass is 180 g/mol. The molecule has 1 fully saturated rings. The highest BCUT2D eigenvalue weighted by Gasteiger charge is 2.28. The Morgan fingerprint density at radius 1 is 1.46 bits per heavy atom. The molecular formula is C10H16N2O. The van der Waals surface area contributed by atoms with E-state index < -0.39 is 0 Å². The average molecular weight is 180 g/mol. The summed E-state index contributed by atoms with van der Waals surface area (Å²) in [5.41, 5.74) is 2.19. The average Bonchev–Trinajstić information content (AvgIpc) is 2.58. The lowest BCUT2D eigenvalue weighted by molar-refractivity contribution is 0.129. The third-order valence-electron chi connectivity index (χ3n) is 2.80. The highest BCUT2D eigenvalue weighted by Crippen LogP contribution is 2.30. The fourth-order valence-electron chi connectivity index (χ4n) is 2.19. The number of nitrogens with zero attached hydrogens (tertiary/aromatic N) is 2. The van der Waals surface area contributed by atoms with Crippen LogP contribution in [-0.2, 0) is 0 Å². The van der Waals surface area contributed by atoms with Crippen LogP contribution in [0.4, 0.5) is 0 Å². The van der Waals surface area contributed by atoms with E-state index >= 15 is 0 Å². The molecule has 0 unspecified atom stereocenters. The van der Waals surface area contributed by atoms with Crippen LogP contribution in [0.3, 0.4) is 0 Å². The fraction of sp³-hybridized carbons (Fsp3) is 0.700. The van der Waals surface area contributed by atoms with Gasteiger partial charge in [-0.05, 0) is 39.2 Å². The summed E-state index contributed by atoms with van der Waals surface area (Å²) in [5, 5.41) is 14.1. The molecule has 0 spiro atoms. The van der Waals surface area contributed by atoms with Gasteiger partial charge in [0.2, 0.25) is 0 Å². The predicted molar refractivity (Wildman–Crippen MR) is 50.6 cm³/mol. The van der Waals surface area contributed by atoms with E-state index in [0.717, 1.165) is 30.7 Å². The molecule has 0 aliphatic heterocycles. The van der Waals surface area contributed by atoms with Crippen molar-refractivity contribution in [2.45, 2.75) is 45.3 Å². The van der Waals surface area contributed by atoms with Crippen molar-refractivity contribution in [3.63, 3.8) is 0 Å². The zero-order valence-corrected chi connectivity index (χ0v) is 8.20. The molecule has 0 aromatic carbocycles. The van der Waals surface area contributed by atoms with Crippen LogP contribution in [0, 0.1) is 13.8 Å². The van der Waals surface area contributed by atoms with Gasteiger partial charge >= 0.3 is 0 Å². The second-order valence-electron chi connectivity index (χ2n) is 3.94. The quantitative estimate of drug-likeness (QED) is 0.712. The van der Waals surface area contributed by atoms with E-state index in [9.17, 15) is 5.11 Å². The van der Waals surface area contributed by atoms with Crippen LogP contribution < -0.4 is 0 Å². The lowest BCUT2D eigenvalue weighted by atomic mass is 10.2. The minimum absolute atomic E-state index is 0.196. The highest BCUT2D eigenvalue weighted by atomic mass is 16.3. The number of aliphatic hydroxyl groups is 1. The summed E-state index contributed by atoms with van der Waals surface area (Å²) in [5.74, 6) is 0. The van der Waals surface area contributed by atoms with E-state index in [2.05, 4.69) is 11.2 Å². The molecule has 2 atom stereocenters. The Kier molecular flexibility index (Phi) is 2.12. The first-order valence-electron chi connectivity index (χ1n) is 4.89. The summed E-state index contributed by atoms with van der Waals surface area (Å²) in [6, 6.07) is 2.28. The summed E-state index contributed by atoms with van der Waals surface area (Å²) in [6.45, 7) is 4.04. The summed E-state index contributed by atoms with van der Waals surface area (Å²) in [6.07, 6.45) is 2.90. The Morgan fingerprint density at radius 2 is 2.23 bits per heavy atom. The molecule has 1 aliphatic rings. The zero-order chi connectivity index (χ0) is 9.42. The van der Waals surface area contributed by atoms with Crippen molar-refractivity contribution in [2.75, 3.05) is 0 Å². The molecule has 3 heteroatoms. The number of hydrogen-bond acceptors (Lipinski definition) is 2. The van der Waals surface area contributed by atoms with Gasteiger partial charge < -0.3 is 5.11 Å². The van der Waals surface area contributed by atoms with Gasteiger partial charge in [0.05, 0.1) is 17.8 Å². The molecule has 2 rings (SSSR count). The van der Waals surface area contributed by atoms with Crippen molar-refractivity contribution >= 4 is 0 Å². The number of rotatable bonds is 1. The Balaban J connectivity index is 2.28. The second-order valence-corrected chi connectivity index (χ2v) is 3.94. The largest absolute Gasteiger partial charge is 0.391 e. The van der Waals surface area contributed by atoms with E-state index in [1.807, 2.05) is 18.5 Å². The first-order chi connectivity index (χ1) is 6.18. The highest BCUT2D eigenvalue weighted by molar-refractivity contribution is 5.08. The summed E-state index contributed by atoms with van der Waals surface area (Å²) in [4.78, 5) is 0. The minimum atomic E-state index is -0.196. The standard InChI is InChI=1S/C10H16N2O/c1-7-6-8(2)12(11-7)9-4-3-5-10(9)13/h6,9-10,13H,3-5H2,1-2H3/t9-,10-/m0/s1. The van der Waals surface area contributed by atoms with Gasteiger partial charge in [-0.25, -0.2) is 0 Å². The Hall–Kier alpha value is -0.830. The van der Waals surface area contributed by atoms with Crippen molar-refractivity contribution < 1.29 is 5.11 Å². The van der Waals surface area contributed by atoms with Crippen molar-refractivity contribution in [1.29, 1.82) is 0 Å². The van der Waals surface area contributed by atoms with Crippen LogP contribution in [0.25, 0.3) is 0 Å². The fourth-order valence-corrected chi connectivity index (χ4v) is 2.19. The van der Waals surface area contributed by atoms with E-state index in [-0.39, 0.29) is 12.1 Å². The third kappa shape index (κ3) is 1.48. The molecule has 1 heterocycles. The molecule has 13 heavy (non-hydrogen) atoms. The second kappa shape index (κ2) is 3.14. The SMILES string of the molecule is Cc1cc(C)n([C@H]2CCC[C@@H]2O)n1. The van der Waals surface area contributed by atoms with Crippen molar-refractivity contribution in [2.24, 2.45) is 0 Å². The van der Waals surface area contributed by atoms with E-state index in [1.54, 1.807) is 0 Å². The lowest BCUT2D eigenvalue weighted by Crippen LogP contribution is -2.20. The molecule has 0 saturated heterocycles. The van der Waals surface area contributed by atoms with Crippen LogP contribution in [0.1, 0.15) is 36.7 Å². The minimum Gasteiger partial charge on any atom is -0.391 e. The van der Waals surface area contributed by atoms with Crippen LogP contribution in [0.15, 0.2) is 6.07 Å². The zero-order valence-electron chi connectivity index (χ0n) is 8.20. The van der Waals surface area contributed by atoms with Crippen LogP contribution in [0.2, 0.25) is 0 Å². The molecule has 1 aromatic rings. The van der Waals surface area contributed by atoms with Gasteiger partial charge in [-0.1, -0.05) is 0 Å². The van der Waals surface area contributed by atoms with Gasteiger partial charge in [0, 0.05) is 5.69 Å². The molecule has 0 radical (unpaired) electrons. The topological polar surface area (TPSA) is 38.0 Å². The smallest absolute Gasteiger partial charge is 0.0781 e. The summed E-state index contributed by atoms with van der Waals surface area (Å²) < 4.78 is 1.98. The lowest BCUT2D eigenvalue weighted by Gasteiger charge is -2.16. The van der Waals surface area contributed by atoms with Crippen molar-refractivity contribution in [1.82, 2.24) is 9.78 Å². The molecule has 1 N–H and O–H groups in total. The van der Waals surface area contributed by atoms with Crippen LogP contribution in [-0.4, -0.2) is 21.0 Å². The molecular weight excluding hydrogens is 164 g/mol.